The molecule has 0 aromatic heterocycles. The van der Waals surface area contributed by atoms with Gasteiger partial charge in [0.25, 0.3) is 0 Å². The molecule has 0 saturated carbocycles. The number of hydrogen-bond donors (Lipinski definition) is 1. The summed E-state index contributed by atoms with van der Waals surface area (Å²) in [5.41, 5.74) is 5.66. The summed E-state index contributed by atoms with van der Waals surface area (Å²) in [6.07, 6.45) is 16.3. The fourth-order valence-electron chi connectivity index (χ4n) is 2.84. The molecule has 1 nitrogen and oxygen atoms in total. The van der Waals surface area contributed by atoms with Crippen LogP contribution in [0.25, 0.3) is 0 Å². The Balaban J connectivity index is -0.00000147. The van der Waals surface area contributed by atoms with Crippen LogP contribution in [0.1, 0.15) is 56.7 Å². The molecular formula is C20H32CaO. The van der Waals surface area contributed by atoms with Gasteiger partial charge in [0, 0.05) is 0 Å². The quantitative estimate of drug-likeness (QED) is 0.532. The molecule has 0 spiro atoms. The van der Waals surface area contributed by atoms with E-state index in [1.807, 2.05) is 19.1 Å². The first-order valence-corrected chi connectivity index (χ1v) is 7.87. The molecule has 0 amide bonds. The van der Waals surface area contributed by atoms with Crippen LogP contribution in [-0.4, -0.2) is 49.5 Å². The summed E-state index contributed by atoms with van der Waals surface area (Å²) < 4.78 is 0. The van der Waals surface area contributed by atoms with E-state index in [4.69, 9.17) is 5.11 Å². The third kappa shape index (κ3) is 7.46. The van der Waals surface area contributed by atoms with Gasteiger partial charge in [0.15, 0.2) is 0 Å². The first kappa shape index (κ1) is 21.9. The van der Waals surface area contributed by atoms with E-state index in [9.17, 15) is 0 Å². The van der Waals surface area contributed by atoms with Crippen molar-refractivity contribution in [1.29, 1.82) is 0 Å². The van der Waals surface area contributed by atoms with Gasteiger partial charge in [0.2, 0.25) is 0 Å². The van der Waals surface area contributed by atoms with Crippen LogP contribution in [0.15, 0.2) is 58.7 Å². The Bertz CT molecular complexity index is 512. The smallest absolute Gasteiger partial charge is 1.00 e. The topological polar surface area (TPSA) is 20.2 Å². The Morgan fingerprint density at radius 2 is 1.91 bits per heavy atom. The zero-order chi connectivity index (χ0) is 15.9. The van der Waals surface area contributed by atoms with E-state index in [0.29, 0.717) is 5.41 Å². The molecule has 1 aliphatic rings. The van der Waals surface area contributed by atoms with Crippen molar-refractivity contribution in [3.63, 3.8) is 0 Å². The number of allylic oxidation sites excluding steroid dienone is 9. The molecule has 1 aliphatic carbocycles. The summed E-state index contributed by atoms with van der Waals surface area (Å²) in [5.74, 6) is 0. The summed E-state index contributed by atoms with van der Waals surface area (Å²) >= 11 is 0. The minimum absolute atomic E-state index is 0. The molecule has 0 bridgehead atoms. The third-order valence-corrected chi connectivity index (χ3v) is 4.19. The second kappa shape index (κ2) is 10.6. The van der Waals surface area contributed by atoms with Gasteiger partial charge in [-0.1, -0.05) is 67.0 Å². The molecule has 0 atom stereocenters. The van der Waals surface area contributed by atoms with Crippen LogP contribution in [0.2, 0.25) is 0 Å². The van der Waals surface area contributed by atoms with E-state index in [1.165, 1.54) is 36.0 Å². The van der Waals surface area contributed by atoms with Crippen LogP contribution >= 0.6 is 0 Å². The van der Waals surface area contributed by atoms with Crippen molar-refractivity contribution in [1.82, 2.24) is 0 Å². The average molecular weight is 329 g/mol. The van der Waals surface area contributed by atoms with Gasteiger partial charge in [-0.2, -0.15) is 0 Å². The van der Waals surface area contributed by atoms with E-state index in [-0.39, 0.29) is 47.2 Å². The second-order valence-electron chi connectivity index (χ2n) is 6.67. The molecule has 22 heavy (non-hydrogen) atoms. The van der Waals surface area contributed by atoms with Crippen LogP contribution in [0.3, 0.4) is 0 Å². The monoisotopic (exact) mass is 328 g/mol. The van der Waals surface area contributed by atoms with E-state index in [2.05, 4.69) is 45.9 Å². The van der Waals surface area contributed by atoms with Gasteiger partial charge in [-0.3, -0.25) is 0 Å². The minimum atomic E-state index is 0. The maximum atomic E-state index is 8.81. The van der Waals surface area contributed by atoms with Gasteiger partial charge in [0.1, 0.15) is 0 Å². The molecule has 0 saturated heterocycles. The second-order valence-corrected chi connectivity index (χ2v) is 6.67. The molecule has 0 fully saturated rings. The molecule has 120 valence electrons. The first-order chi connectivity index (χ1) is 9.86. The van der Waals surface area contributed by atoms with E-state index in [1.54, 1.807) is 6.08 Å². The summed E-state index contributed by atoms with van der Waals surface area (Å²) in [5, 5.41) is 8.81. The van der Waals surface area contributed by atoms with Crippen LogP contribution in [0.4, 0.5) is 0 Å². The molecule has 0 unspecified atom stereocenters. The normalized spacial score (nSPS) is 19.9. The van der Waals surface area contributed by atoms with E-state index < -0.39 is 0 Å². The van der Waals surface area contributed by atoms with Crippen molar-refractivity contribution in [2.45, 2.75) is 53.9 Å². The van der Waals surface area contributed by atoms with Gasteiger partial charge >= 0.3 is 37.7 Å². The predicted molar refractivity (Wildman–Crippen MR) is 101 cm³/mol. The van der Waals surface area contributed by atoms with Crippen LogP contribution in [0.5, 0.6) is 0 Å². The molecule has 0 aliphatic heterocycles. The number of aliphatic hydroxyl groups is 1. The number of rotatable bonds is 5. The van der Waals surface area contributed by atoms with Gasteiger partial charge in [-0.05, 0) is 51.0 Å². The van der Waals surface area contributed by atoms with Crippen LogP contribution < -0.4 is 0 Å². The molecular weight excluding hydrogens is 296 g/mol. The zero-order valence-electron chi connectivity index (χ0n) is 16.9. The Hall–Kier alpha value is -0.0803. The maximum Gasteiger partial charge on any atom is 2.00 e. The molecule has 0 aromatic rings. The summed E-state index contributed by atoms with van der Waals surface area (Å²) in [4.78, 5) is 0. The van der Waals surface area contributed by atoms with Crippen molar-refractivity contribution in [2.24, 2.45) is 5.41 Å². The van der Waals surface area contributed by atoms with Gasteiger partial charge < -0.3 is 7.96 Å². The summed E-state index contributed by atoms with van der Waals surface area (Å²) in [7, 11) is 0. The summed E-state index contributed by atoms with van der Waals surface area (Å²) in [6, 6.07) is 0. The van der Waals surface area contributed by atoms with Crippen molar-refractivity contribution >= 4 is 37.7 Å². The molecule has 0 heterocycles. The largest absolute Gasteiger partial charge is 2.00 e. The van der Waals surface area contributed by atoms with Crippen LogP contribution in [0, 0.1) is 5.41 Å². The minimum Gasteiger partial charge on any atom is -1.00 e. The molecule has 1 N–H and O–H groups in total. The Morgan fingerprint density at radius 1 is 1.23 bits per heavy atom. The van der Waals surface area contributed by atoms with Crippen molar-refractivity contribution in [2.75, 3.05) is 6.61 Å². The molecule has 0 radical (unpaired) electrons. The van der Waals surface area contributed by atoms with Gasteiger partial charge in [0.05, 0.1) is 6.61 Å². The average Bonchev–Trinajstić information content (AvgIpc) is 2.37. The standard InChI is InChI=1S/C20H30O.Ca.2H/c1-16(8-6-9-17(2)13-15-21)11-12-19-18(3)10-7-14-20(19,4)5;;;/h6,8-9,11-13,21H,7,10,14-15H2,1-5H3;;;/q;+2;2*-1. The van der Waals surface area contributed by atoms with Crippen molar-refractivity contribution in [3.05, 3.63) is 58.7 Å². The molecule has 2 heteroatoms. The number of hydrogen-bond acceptors (Lipinski definition) is 1. The van der Waals surface area contributed by atoms with Crippen LogP contribution in [-0.2, 0) is 0 Å². The van der Waals surface area contributed by atoms with Gasteiger partial charge in [-0.15, -0.1) is 0 Å². The fraction of sp³-hybridized carbons (Fsp3) is 0.500. The maximum absolute atomic E-state index is 8.81. The Morgan fingerprint density at radius 3 is 2.50 bits per heavy atom. The zero-order valence-corrected chi connectivity index (χ0v) is 17.2. The SMILES string of the molecule is CC(C=CC1=C(C)CCCC1(C)C)=CC=CC(C)=CCO.[Ca+2].[H-].[H-]. The molecule has 0 aromatic carbocycles. The van der Waals surface area contributed by atoms with E-state index in [0.717, 1.165) is 5.57 Å². The predicted octanol–water partition coefficient (Wildman–Crippen LogP) is 5.35. The van der Waals surface area contributed by atoms with Crippen molar-refractivity contribution < 1.29 is 7.96 Å². The fourth-order valence-corrected chi connectivity index (χ4v) is 2.84. The Kier molecular flexibility index (Phi) is 10.6. The third-order valence-electron chi connectivity index (χ3n) is 4.19. The first-order valence-electron chi connectivity index (χ1n) is 7.87. The Labute approximate surface area is 169 Å². The van der Waals surface area contributed by atoms with Gasteiger partial charge in [-0.25, -0.2) is 0 Å². The summed E-state index contributed by atoms with van der Waals surface area (Å²) in [6.45, 7) is 11.2. The van der Waals surface area contributed by atoms with E-state index >= 15 is 0 Å². The number of aliphatic hydroxyl groups excluding tert-OH is 1. The van der Waals surface area contributed by atoms with Crippen molar-refractivity contribution in [3.8, 4) is 0 Å². The molecule has 1 rings (SSSR count).